The molecule has 0 saturated carbocycles. The van der Waals surface area contributed by atoms with Gasteiger partial charge in [-0.2, -0.15) is 0 Å². The number of rotatable bonds is 9. The summed E-state index contributed by atoms with van der Waals surface area (Å²) in [6.45, 7) is 8.08. The van der Waals surface area contributed by atoms with E-state index < -0.39 is 35.6 Å². The molecule has 0 unspecified atom stereocenters. The van der Waals surface area contributed by atoms with Crippen LogP contribution in [0.15, 0.2) is 36.4 Å². The van der Waals surface area contributed by atoms with Crippen LogP contribution in [0, 0.1) is 0 Å². The fourth-order valence-corrected chi connectivity index (χ4v) is 3.28. The van der Waals surface area contributed by atoms with E-state index in [0.717, 1.165) is 0 Å². The lowest BCUT2D eigenvalue weighted by Gasteiger charge is -2.29. The van der Waals surface area contributed by atoms with Crippen molar-refractivity contribution >= 4 is 36.0 Å². The molecule has 1 N–H and O–H groups in total. The summed E-state index contributed by atoms with van der Waals surface area (Å²) in [6.07, 6.45) is 2.65. The molecule has 0 heterocycles. The van der Waals surface area contributed by atoms with Crippen LogP contribution in [-0.4, -0.2) is 40.7 Å². The van der Waals surface area contributed by atoms with Crippen molar-refractivity contribution in [2.75, 3.05) is 0 Å². The predicted octanol–water partition coefficient (Wildman–Crippen LogP) is 3.88. The van der Waals surface area contributed by atoms with E-state index in [0.29, 0.717) is 16.7 Å². The zero-order valence-corrected chi connectivity index (χ0v) is 21.1. The second kappa shape index (κ2) is 12.1. The van der Waals surface area contributed by atoms with Gasteiger partial charge >= 0.3 is 23.9 Å². The summed E-state index contributed by atoms with van der Waals surface area (Å²) >= 11 is 0. The van der Waals surface area contributed by atoms with Gasteiger partial charge in [0.25, 0.3) is 0 Å². The first-order chi connectivity index (χ1) is 16.7. The Morgan fingerprint density at radius 3 is 1.78 bits per heavy atom. The van der Waals surface area contributed by atoms with Crippen LogP contribution in [0.1, 0.15) is 58.2 Å². The third-order valence-corrected chi connectivity index (χ3v) is 4.73. The molecule has 192 valence electrons. The van der Waals surface area contributed by atoms with Crippen molar-refractivity contribution < 1.29 is 43.2 Å². The topological polar surface area (TPSA) is 125 Å². The molecule has 0 aromatic heterocycles. The predicted molar refractivity (Wildman–Crippen MR) is 131 cm³/mol. The lowest BCUT2D eigenvalue weighted by atomic mass is 9.93. The Hall–Kier alpha value is -3.98. The van der Waals surface area contributed by atoms with Crippen molar-refractivity contribution in [3.05, 3.63) is 53.1 Å². The average Bonchev–Trinajstić information content (AvgIpc) is 2.71. The molecule has 0 saturated heterocycles. The Morgan fingerprint density at radius 2 is 1.31 bits per heavy atom. The molecular weight excluding hydrogens is 468 g/mol. The molecule has 2 rings (SSSR count). The molecule has 1 atom stereocenters. The third kappa shape index (κ3) is 9.34. The van der Waals surface area contributed by atoms with Gasteiger partial charge in [-0.05, 0) is 54.8 Å². The molecule has 0 radical (unpaired) electrons. The first-order valence-corrected chi connectivity index (χ1v) is 11.1. The van der Waals surface area contributed by atoms with Gasteiger partial charge < -0.3 is 24.1 Å². The van der Waals surface area contributed by atoms with Crippen molar-refractivity contribution in [2.24, 2.45) is 0 Å². The van der Waals surface area contributed by atoms with Crippen LogP contribution < -0.4 is 14.2 Å². The number of benzene rings is 2. The van der Waals surface area contributed by atoms with E-state index in [1.54, 1.807) is 42.5 Å². The Balaban J connectivity index is 2.45. The smallest absolute Gasteiger partial charge is 0.308 e. The summed E-state index contributed by atoms with van der Waals surface area (Å²) in [6, 6.07) is 9.68. The minimum atomic E-state index is -1.35. The van der Waals surface area contributed by atoms with Gasteiger partial charge in [-0.3, -0.25) is 19.2 Å². The summed E-state index contributed by atoms with van der Waals surface area (Å²) in [5.41, 5.74) is 0.472. The fourth-order valence-electron chi connectivity index (χ4n) is 3.28. The quantitative estimate of drug-likeness (QED) is 0.311. The van der Waals surface area contributed by atoms with Crippen molar-refractivity contribution in [3.8, 4) is 17.2 Å². The Kier molecular flexibility index (Phi) is 9.52. The minimum absolute atomic E-state index is 0.0892. The molecule has 0 aliphatic rings. The molecule has 0 aliphatic carbocycles. The van der Waals surface area contributed by atoms with Gasteiger partial charge in [-0.25, -0.2) is 0 Å². The largest absolute Gasteiger partial charge is 0.459 e. The zero-order chi connectivity index (χ0) is 27.0. The van der Waals surface area contributed by atoms with Crippen molar-refractivity contribution in [3.63, 3.8) is 0 Å². The number of ether oxygens (including phenoxy) is 4. The third-order valence-electron chi connectivity index (χ3n) is 4.73. The average molecular weight is 499 g/mol. The normalized spacial score (nSPS) is 12.1. The minimum Gasteiger partial charge on any atom is -0.459 e. The maximum Gasteiger partial charge on any atom is 0.308 e. The van der Waals surface area contributed by atoms with Gasteiger partial charge in [0.1, 0.15) is 23.4 Å². The molecule has 0 bridgehead atoms. The number of carbonyl (C=O) groups is 4. The lowest BCUT2D eigenvalue weighted by Crippen LogP contribution is -2.41. The number of aliphatic hydroxyl groups is 1. The highest BCUT2D eigenvalue weighted by Gasteiger charge is 2.31. The van der Waals surface area contributed by atoms with Crippen LogP contribution in [0.25, 0.3) is 12.2 Å². The second-order valence-electron chi connectivity index (χ2n) is 8.68. The SMILES string of the molecule is CC(=O)Oc1cc(/C=C/c2ccc(OC(C)=O)c(C[C@H](OC(C)=O)C(C)(C)O)c2)cc(OC(C)=O)c1. The van der Waals surface area contributed by atoms with Crippen LogP contribution in [0.5, 0.6) is 17.2 Å². The summed E-state index contributed by atoms with van der Waals surface area (Å²) in [7, 11) is 0. The Morgan fingerprint density at radius 1 is 0.778 bits per heavy atom. The fraction of sp³-hybridized carbons (Fsp3) is 0.333. The highest BCUT2D eigenvalue weighted by Crippen LogP contribution is 2.28. The van der Waals surface area contributed by atoms with Crippen LogP contribution in [0.3, 0.4) is 0 Å². The second-order valence-corrected chi connectivity index (χ2v) is 8.68. The molecule has 9 nitrogen and oxygen atoms in total. The molecule has 2 aromatic carbocycles. The molecular formula is C27H30O9. The molecule has 0 fully saturated rings. The maximum absolute atomic E-state index is 11.6. The van der Waals surface area contributed by atoms with Crippen LogP contribution in [-0.2, 0) is 30.3 Å². The maximum atomic E-state index is 11.6. The van der Waals surface area contributed by atoms with Crippen LogP contribution >= 0.6 is 0 Å². The van der Waals surface area contributed by atoms with E-state index in [2.05, 4.69) is 0 Å². The molecule has 0 spiro atoms. The van der Waals surface area contributed by atoms with Gasteiger partial charge in [0.05, 0.1) is 5.60 Å². The first kappa shape index (κ1) is 28.3. The zero-order valence-electron chi connectivity index (χ0n) is 21.1. The summed E-state index contributed by atoms with van der Waals surface area (Å²) < 4.78 is 20.9. The van der Waals surface area contributed by atoms with Crippen LogP contribution in [0.2, 0.25) is 0 Å². The van der Waals surface area contributed by atoms with Crippen LogP contribution in [0.4, 0.5) is 0 Å². The van der Waals surface area contributed by atoms with Gasteiger partial charge in [-0.1, -0.05) is 18.2 Å². The molecule has 0 aliphatic heterocycles. The van der Waals surface area contributed by atoms with E-state index in [4.69, 9.17) is 18.9 Å². The van der Waals surface area contributed by atoms with Crippen molar-refractivity contribution in [1.29, 1.82) is 0 Å². The van der Waals surface area contributed by atoms with E-state index in [1.165, 1.54) is 47.6 Å². The first-order valence-electron chi connectivity index (χ1n) is 11.1. The van der Waals surface area contributed by atoms with Gasteiger partial charge in [0.2, 0.25) is 0 Å². The monoisotopic (exact) mass is 498 g/mol. The molecule has 9 heteroatoms. The van der Waals surface area contributed by atoms with E-state index in [-0.39, 0.29) is 23.7 Å². The number of esters is 4. The van der Waals surface area contributed by atoms with Gasteiger partial charge in [0, 0.05) is 40.2 Å². The van der Waals surface area contributed by atoms with Gasteiger partial charge in [-0.15, -0.1) is 0 Å². The van der Waals surface area contributed by atoms with Crippen molar-refractivity contribution in [2.45, 2.75) is 59.7 Å². The molecule has 36 heavy (non-hydrogen) atoms. The molecule has 0 amide bonds. The summed E-state index contributed by atoms with van der Waals surface area (Å²) in [5, 5.41) is 10.5. The summed E-state index contributed by atoms with van der Waals surface area (Å²) in [5.74, 6) is -1.43. The lowest BCUT2D eigenvalue weighted by molar-refractivity contribution is -0.159. The molecule has 2 aromatic rings. The van der Waals surface area contributed by atoms with E-state index in [1.807, 2.05) is 0 Å². The standard InChI is InChI=1S/C27H30O9/c1-16(28)33-23-12-21(13-24(15-23)34-17(2)29)8-7-20-9-10-25(35-18(3)30)22(11-20)14-26(27(5,6)32)36-19(4)31/h7-13,15,26,32H,14H2,1-6H3/b8-7+/t26-/m0/s1. The highest BCUT2D eigenvalue weighted by molar-refractivity contribution is 5.76. The Labute approximate surface area is 209 Å². The van der Waals surface area contributed by atoms with E-state index >= 15 is 0 Å². The number of carbonyl (C=O) groups excluding carboxylic acids is 4. The number of hydrogen-bond donors (Lipinski definition) is 1. The van der Waals surface area contributed by atoms with E-state index in [9.17, 15) is 24.3 Å². The van der Waals surface area contributed by atoms with Crippen molar-refractivity contribution in [1.82, 2.24) is 0 Å². The number of hydrogen-bond acceptors (Lipinski definition) is 9. The summed E-state index contributed by atoms with van der Waals surface area (Å²) in [4.78, 5) is 45.9. The highest BCUT2D eigenvalue weighted by atomic mass is 16.6. The Bertz CT molecular complexity index is 1140. The van der Waals surface area contributed by atoms with Gasteiger partial charge in [0.15, 0.2) is 0 Å².